The Hall–Kier alpha value is -2.41. The molecule has 0 aliphatic carbocycles. The van der Waals surface area contributed by atoms with Gasteiger partial charge in [-0.25, -0.2) is 10.2 Å². The lowest BCUT2D eigenvalue weighted by Gasteiger charge is -2.19. The number of amides is 2. The highest BCUT2D eigenvalue weighted by atomic mass is 16.6. The van der Waals surface area contributed by atoms with Gasteiger partial charge in [-0.15, -0.1) is 0 Å². The molecule has 0 aromatic heterocycles. The maximum absolute atomic E-state index is 11.7. The van der Waals surface area contributed by atoms with E-state index in [0.29, 0.717) is 18.7 Å². The molecule has 2 amide bonds. The number of ether oxygens (including phenoxy) is 2. The molecule has 1 aromatic carbocycles. The summed E-state index contributed by atoms with van der Waals surface area (Å²) in [6.45, 7) is 4.05. The molecule has 0 bridgehead atoms. The van der Waals surface area contributed by atoms with Gasteiger partial charge in [0.1, 0.15) is 6.10 Å². The number of carbonyl (C=O) groups excluding carboxylic acids is 2. The third-order valence-electron chi connectivity index (χ3n) is 3.40. The molecule has 7 nitrogen and oxygen atoms in total. The highest BCUT2D eigenvalue weighted by Crippen LogP contribution is 2.18. The lowest BCUT2D eigenvalue weighted by atomic mass is 9.94. The van der Waals surface area contributed by atoms with Crippen molar-refractivity contribution in [2.45, 2.75) is 26.4 Å². The molecular weight excluding hydrogens is 298 g/mol. The third kappa shape index (κ3) is 4.79. The molecule has 23 heavy (non-hydrogen) atoms. The second kappa shape index (κ2) is 7.73. The summed E-state index contributed by atoms with van der Waals surface area (Å²) in [4.78, 5) is 23.0. The van der Waals surface area contributed by atoms with Crippen LogP contribution in [0.1, 0.15) is 25.8 Å². The van der Waals surface area contributed by atoms with Crippen LogP contribution in [0.2, 0.25) is 0 Å². The highest BCUT2D eigenvalue weighted by molar-refractivity contribution is 6.06. The Kier molecular flexibility index (Phi) is 5.70. The molecule has 0 saturated heterocycles. The number of benzene rings is 1. The van der Waals surface area contributed by atoms with Gasteiger partial charge in [0.25, 0.3) is 0 Å². The van der Waals surface area contributed by atoms with E-state index in [1.807, 2.05) is 19.1 Å². The third-order valence-corrected chi connectivity index (χ3v) is 3.40. The SMILES string of the molecule is COCC(C)OC(=O)Nc1ccc(C2=NNC(=O)CC2C)cc1. The molecule has 2 rings (SSSR count). The van der Waals surface area contributed by atoms with E-state index in [1.165, 1.54) is 0 Å². The van der Waals surface area contributed by atoms with Crippen LogP contribution < -0.4 is 10.7 Å². The molecule has 0 radical (unpaired) electrons. The number of nitrogens with zero attached hydrogens (tertiary/aromatic N) is 1. The van der Waals surface area contributed by atoms with E-state index in [1.54, 1.807) is 26.2 Å². The monoisotopic (exact) mass is 319 g/mol. The average Bonchev–Trinajstić information content (AvgIpc) is 2.48. The maximum Gasteiger partial charge on any atom is 0.411 e. The lowest BCUT2D eigenvalue weighted by molar-refractivity contribution is -0.121. The zero-order chi connectivity index (χ0) is 16.8. The molecule has 2 N–H and O–H groups in total. The average molecular weight is 319 g/mol. The predicted molar refractivity (Wildman–Crippen MR) is 86.3 cm³/mol. The number of anilines is 1. The first-order valence-corrected chi connectivity index (χ1v) is 7.43. The van der Waals surface area contributed by atoms with Gasteiger partial charge in [-0.3, -0.25) is 10.1 Å². The minimum Gasteiger partial charge on any atom is -0.444 e. The Morgan fingerprint density at radius 3 is 2.74 bits per heavy atom. The Bertz CT molecular complexity index is 598. The molecular formula is C16H21N3O4. The fraction of sp³-hybridized carbons (Fsp3) is 0.438. The van der Waals surface area contributed by atoms with Crippen LogP contribution in [0.3, 0.4) is 0 Å². The van der Waals surface area contributed by atoms with Crippen LogP contribution in [-0.2, 0) is 14.3 Å². The highest BCUT2D eigenvalue weighted by Gasteiger charge is 2.21. The quantitative estimate of drug-likeness (QED) is 0.870. The van der Waals surface area contributed by atoms with E-state index in [2.05, 4.69) is 15.8 Å². The maximum atomic E-state index is 11.7. The van der Waals surface area contributed by atoms with Crippen LogP contribution in [0.15, 0.2) is 29.4 Å². The first-order chi connectivity index (χ1) is 11.0. The second-order valence-corrected chi connectivity index (χ2v) is 5.51. The topological polar surface area (TPSA) is 89.0 Å². The molecule has 2 unspecified atom stereocenters. The van der Waals surface area contributed by atoms with E-state index in [4.69, 9.17) is 9.47 Å². The Balaban J connectivity index is 1.97. The van der Waals surface area contributed by atoms with Crippen LogP contribution in [0.4, 0.5) is 10.5 Å². The van der Waals surface area contributed by atoms with Gasteiger partial charge in [0.15, 0.2) is 0 Å². The summed E-state index contributed by atoms with van der Waals surface area (Å²) in [5.74, 6) is -0.0186. The first-order valence-electron chi connectivity index (χ1n) is 7.43. The van der Waals surface area contributed by atoms with Crippen molar-refractivity contribution in [3.63, 3.8) is 0 Å². The number of carbonyl (C=O) groups is 2. The molecule has 0 fully saturated rings. The fourth-order valence-electron chi connectivity index (χ4n) is 2.33. The Labute approximate surface area is 135 Å². The van der Waals surface area contributed by atoms with Crippen molar-refractivity contribution in [2.24, 2.45) is 11.0 Å². The molecule has 0 spiro atoms. The normalized spacial score (nSPS) is 18.7. The molecule has 2 atom stereocenters. The van der Waals surface area contributed by atoms with Gasteiger partial charge < -0.3 is 9.47 Å². The molecule has 1 aliphatic rings. The van der Waals surface area contributed by atoms with Crippen molar-refractivity contribution in [1.29, 1.82) is 0 Å². The van der Waals surface area contributed by atoms with Gasteiger partial charge in [-0.05, 0) is 24.6 Å². The number of methoxy groups -OCH3 is 1. The van der Waals surface area contributed by atoms with Crippen LogP contribution in [0.5, 0.6) is 0 Å². The van der Waals surface area contributed by atoms with Gasteiger partial charge in [-0.1, -0.05) is 19.1 Å². The van der Waals surface area contributed by atoms with E-state index in [0.717, 1.165) is 11.3 Å². The van der Waals surface area contributed by atoms with E-state index >= 15 is 0 Å². The molecule has 1 aromatic rings. The summed E-state index contributed by atoms with van der Waals surface area (Å²) in [7, 11) is 1.55. The van der Waals surface area contributed by atoms with Gasteiger partial charge in [0.05, 0.1) is 12.3 Å². The number of hydrogen-bond donors (Lipinski definition) is 2. The van der Waals surface area contributed by atoms with Crippen LogP contribution in [0.25, 0.3) is 0 Å². The van der Waals surface area contributed by atoms with Crippen molar-refractivity contribution in [3.8, 4) is 0 Å². The molecule has 0 saturated carbocycles. The summed E-state index contributed by atoms with van der Waals surface area (Å²) >= 11 is 0. The number of rotatable bonds is 5. The first kappa shape index (κ1) is 17.0. The standard InChI is InChI=1S/C16H21N3O4/c1-10-8-14(20)18-19-15(10)12-4-6-13(7-5-12)17-16(21)23-11(2)9-22-3/h4-7,10-11H,8-9H2,1-3H3,(H,17,21)(H,18,20). The summed E-state index contributed by atoms with van der Waals surface area (Å²) in [5, 5.41) is 6.76. The van der Waals surface area contributed by atoms with Crippen molar-refractivity contribution in [1.82, 2.24) is 5.43 Å². The van der Waals surface area contributed by atoms with Crippen molar-refractivity contribution in [2.75, 3.05) is 19.0 Å². The van der Waals surface area contributed by atoms with Gasteiger partial charge >= 0.3 is 6.09 Å². The smallest absolute Gasteiger partial charge is 0.411 e. The minimum atomic E-state index is -0.530. The molecule has 1 aliphatic heterocycles. The molecule has 124 valence electrons. The van der Waals surface area contributed by atoms with Crippen LogP contribution in [0, 0.1) is 5.92 Å². The van der Waals surface area contributed by atoms with Crippen molar-refractivity contribution in [3.05, 3.63) is 29.8 Å². The fourth-order valence-corrected chi connectivity index (χ4v) is 2.33. The molecule has 7 heteroatoms. The van der Waals surface area contributed by atoms with E-state index in [-0.39, 0.29) is 17.9 Å². The van der Waals surface area contributed by atoms with Gasteiger partial charge in [-0.2, -0.15) is 5.10 Å². The van der Waals surface area contributed by atoms with Gasteiger partial charge in [0.2, 0.25) is 5.91 Å². The van der Waals surface area contributed by atoms with Crippen molar-refractivity contribution < 1.29 is 19.1 Å². The lowest BCUT2D eigenvalue weighted by Crippen LogP contribution is -2.31. The summed E-state index contributed by atoms with van der Waals surface area (Å²) < 4.78 is 10.0. The summed E-state index contributed by atoms with van der Waals surface area (Å²) in [6.07, 6.45) is -0.430. The van der Waals surface area contributed by atoms with E-state index in [9.17, 15) is 9.59 Å². The number of hydrogen-bond acceptors (Lipinski definition) is 5. The number of hydrazone groups is 1. The summed E-state index contributed by atoms with van der Waals surface area (Å²) in [6, 6.07) is 7.23. The van der Waals surface area contributed by atoms with Crippen LogP contribution in [-0.4, -0.2) is 37.5 Å². The van der Waals surface area contributed by atoms with Crippen LogP contribution >= 0.6 is 0 Å². The second-order valence-electron chi connectivity index (χ2n) is 5.51. The largest absolute Gasteiger partial charge is 0.444 e. The Morgan fingerprint density at radius 2 is 2.13 bits per heavy atom. The molecule has 1 heterocycles. The number of nitrogens with one attached hydrogen (secondary N) is 2. The van der Waals surface area contributed by atoms with Crippen molar-refractivity contribution >= 4 is 23.4 Å². The predicted octanol–water partition coefficient (Wildman–Crippen LogP) is 2.13. The zero-order valence-electron chi connectivity index (χ0n) is 13.5. The summed E-state index contributed by atoms with van der Waals surface area (Å²) in [5.41, 5.74) is 4.84. The minimum absolute atomic E-state index is 0.0578. The van der Waals surface area contributed by atoms with Gasteiger partial charge in [0, 0.05) is 25.1 Å². The Morgan fingerprint density at radius 1 is 1.43 bits per heavy atom. The van der Waals surface area contributed by atoms with E-state index < -0.39 is 6.09 Å². The zero-order valence-corrected chi connectivity index (χ0v) is 13.5.